The smallest absolute Gasteiger partial charge is 0 e. The van der Waals surface area contributed by atoms with E-state index in [4.69, 9.17) is 4.70 Å². The Morgan fingerprint density at radius 2 is 1.75 bits per heavy atom. The molecule has 0 unspecified atom stereocenters. The predicted molar refractivity (Wildman–Crippen MR) is 16.4 cm³/mol. The SMILES string of the molecule is O=B[SiH3].[Fe]. The fourth-order valence-electron chi connectivity index (χ4n) is 0. The molecule has 0 amide bonds. The Balaban J connectivity index is 0. The summed E-state index contributed by atoms with van der Waals surface area (Å²) in [6.45, 7) is 0.889. The molecule has 0 rings (SSSR count). The zero-order valence-electron chi connectivity index (χ0n) is 2.34. The summed E-state index contributed by atoms with van der Waals surface area (Å²) in [6.07, 6.45) is 0. The maximum atomic E-state index is 8.87. The van der Waals surface area contributed by atoms with E-state index >= 15 is 0 Å². The first-order valence-electron chi connectivity index (χ1n) is 0.813. The molecule has 24 valence electrons. The Morgan fingerprint density at radius 3 is 1.75 bits per heavy atom. The van der Waals surface area contributed by atoms with Crippen LogP contribution in [-0.4, -0.2) is 16.9 Å². The van der Waals surface area contributed by atoms with Crippen LogP contribution in [0.25, 0.3) is 0 Å². The fourth-order valence-corrected chi connectivity index (χ4v) is 0. The van der Waals surface area contributed by atoms with Gasteiger partial charge in [-0.3, -0.25) is 0 Å². The molecule has 0 bridgehead atoms. The maximum Gasteiger partial charge on any atom is 0 e. The van der Waals surface area contributed by atoms with E-state index in [2.05, 4.69) is 0 Å². The Bertz CT molecular complexity index is 15.5. The van der Waals surface area contributed by atoms with Gasteiger partial charge in [-0.2, -0.15) is 0 Å². The summed E-state index contributed by atoms with van der Waals surface area (Å²) in [4.78, 5) is 0. The summed E-state index contributed by atoms with van der Waals surface area (Å²) in [5, 5.41) is 0. The second-order valence-corrected chi connectivity index (χ2v) is 0.707. The van der Waals surface area contributed by atoms with Crippen molar-refractivity contribution in [3.8, 4) is 0 Å². The molecule has 0 aliphatic rings. The average Bonchev–Trinajstić information content (AvgIpc) is 0.918. The van der Waals surface area contributed by atoms with Gasteiger partial charge in [0.25, 0.3) is 0 Å². The molecule has 0 aliphatic carbocycles. The Morgan fingerprint density at radius 1 is 1.75 bits per heavy atom. The largest absolute Gasteiger partial charge is 0 e. The van der Waals surface area contributed by atoms with Crippen molar-refractivity contribution in [2.24, 2.45) is 0 Å². The molecular weight excluding hydrogens is 111 g/mol. The molecule has 0 radical (unpaired) electrons. The van der Waals surface area contributed by atoms with E-state index in [-0.39, 0.29) is 17.1 Å². The third-order valence-electron chi connectivity index (χ3n) is 0. The summed E-state index contributed by atoms with van der Waals surface area (Å²) < 4.78 is 8.87. The van der Waals surface area contributed by atoms with Gasteiger partial charge in [-0.1, -0.05) is 0 Å². The molecule has 0 N–H and O–H groups in total. The number of hydrogen-bond donors (Lipinski definition) is 0. The minimum Gasteiger partial charge on any atom is 0 e. The van der Waals surface area contributed by atoms with Crippen LogP contribution in [0, 0.1) is 0 Å². The second kappa shape index (κ2) is 9.50. The van der Waals surface area contributed by atoms with Crippen LogP contribution in [-0.2, 0) is 21.8 Å². The van der Waals surface area contributed by atoms with Gasteiger partial charge in [0.05, 0.1) is 0 Å². The first-order chi connectivity index (χ1) is 1.41. The van der Waals surface area contributed by atoms with Crippen molar-refractivity contribution in [1.29, 1.82) is 0 Å². The van der Waals surface area contributed by atoms with Crippen LogP contribution in [0.4, 0.5) is 0 Å². The van der Waals surface area contributed by atoms with E-state index in [9.17, 15) is 0 Å². The first-order valence-corrected chi connectivity index (χ1v) is 1.97. The van der Waals surface area contributed by atoms with E-state index in [0.29, 0.717) is 10.1 Å². The summed E-state index contributed by atoms with van der Waals surface area (Å²) >= 11 is 0. The van der Waals surface area contributed by atoms with Gasteiger partial charge in [-0.25, -0.2) is 0 Å². The summed E-state index contributed by atoms with van der Waals surface area (Å²) in [7, 11) is 0.688. The van der Waals surface area contributed by atoms with Gasteiger partial charge in [-0.05, 0) is 0 Å². The fraction of sp³-hybridized carbons (Fsp3) is 0. The molecule has 0 saturated carbocycles. The van der Waals surface area contributed by atoms with Crippen molar-refractivity contribution in [3.63, 3.8) is 0 Å². The summed E-state index contributed by atoms with van der Waals surface area (Å²) in [5.74, 6) is 0. The second-order valence-electron chi connectivity index (χ2n) is 0.236. The molecule has 0 heterocycles. The van der Waals surface area contributed by atoms with Crippen molar-refractivity contribution >= 4 is 16.9 Å². The third-order valence-corrected chi connectivity index (χ3v) is 0. The average molecular weight is 114 g/mol. The van der Waals surface area contributed by atoms with Gasteiger partial charge < -0.3 is 0 Å². The Kier molecular flexibility index (Phi) is 21.0. The van der Waals surface area contributed by atoms with Crippen LogP contribution in [0.1, 0.15) is 0 Å². The molecule has 4 heteroatoms. The first kappa shape index (κ1) is 8.82. The summed E-state index contributed by atoms with van der Waals surface area (Å²) in [6, 6.07) is 0. The minimum atomic E-state index is 0. The van der Waals surface area contributed by atoms with Gasteiger partial charge >= 0.3 is 21.6 Å². The molecule has 0 aliphatic heterocycles. The van der Waals surface area contributed by atoms with Crippen molar-refractivity contribution in [3.05, 3.63) is 0 Å². The molecule has 0 aromatic carbocycles. The van der Waals surface area contributed by atoms with E-state index in [0.717, 1.165) is 6.74 Å². The van der Waals surface area contributed by atoms with Gasteiger partial charge in [-0.15, -0.1) is 0 Å². The topological polar surface area (TPSA) is 17.1 Å². The molecule has 0 fully saturated rings. The molecule has 0 aromatic heterocycles. The van der Waals surface area contributed by atoms with Gasteiger partial charge in [0.2, 0.25) is 0 Å². The Labute approximate surface area is 39.2 Å². The zero-order chi connectivity index (χ0) is 2.71. The normalized spacial score (nSPS) is 3.00. The van der Waals surface area contributed by atoms with Crippen molar-refractivity contribution in [1.82, 2.24) is 0 Å². The van der Waals surface area contributed by atoms with Crippen LogP contribution in [0.2, 0.25) is 0 Å². The van der Waals surface area contributed by atoms with E-state index in [1.54, 1.807) is 0 Å². The van der Waals surface area contributed by atoms with Crippen LogP contribution in [0.3, 0.4) is 0 Å². The number of hydrogen-bond acceptors (Lipinski definition) is 1. The number of rotatable bonds is 0. The van der Waals surface area contributed by atoms with Crippen molar-refractivity contribution in [2.75, 3.05) is 0 Å². The zero-order valence-corrected chi connectivity index (χ0v) is 5.44. The molecule has 0 atom stereocenters. The van der Waals surface area contributed by atoms with Gasteiger partial charge in [0.15, 0.2) is 0 Å². The van der Waals surface area contributed by atoms with E-state index in [1.807, 2.05) is 0 Å². The van der Waals surface area contributed by atoms with Crippen molar-refractivity contribution < 1.29 is 21.8 Å². The molecule has 0 aromatic rings. The molecule has 1 nitrogen and oxygen atoms in total. The summed E-state index contributed by atoms with van der Waals surface area (Å²) in [5.41, 5.74) is 0. The third kappa shape index (κ3) is 18.4. The van der Waals surface area contributed by atoms with Crippen LogP contribution in [0.15, 0.2) is 0 Å². The Hall–Kier alpha value is 0.601. The van der Waals surface area contributed by atoms with Gasteiger partial charge in [0, 0.05) is 17.1 Å². The van der Waals surface area contributed by atoms with Crippen LogP contribution < -0.4 is 0 Å². The van der Waals surface area contributed by atoms with Crippen molar-refractivity contribution in [2.45, 2.75) is 0 Å². The monoisotopic (exact) mass is 114 g/mol. The standard InChI is InChI=1S/BH3OSi.Fe/c2-1-3;/h3H3;. The molecule has 0 spiro atoms. The molecular formula is H3BFeOSi. The quantitative estimate of drug-likeness (QED) is 0.343. The van der Waals surface area contributed by atoms with Crippen LogP contribution >= 0.6 is 0 Å². The van der Waals surface area contributed by atoms with E-state index < -0.39 is 0 Å². The van der Waals surface area contributed by atoms with E-state index in [1.165, 1.54) is 0 Å². The molecule has 0 saturated heterocycles. The molecule has 4 heavy (non-hydrogen) atoms. The van der Waals surface area contributed by atoms with Crippen LogP contribution in [0.5, 0.6) is 0 Å². The van der Waals surface area contributed by atoms with Gasteiger partial charge in [0.1, 0.15) is 0 Å². The minimum absolute atomic E-state index is 0. The predicted octanol–water partition coefficient (Wildman–Crippen LogP) is -1.69. The maximum absolute atomic E-state index is 8.87.